The van der Waals surface area contributed by atoms with Crippen molar-refractivity contribution in [1.29, 1.82) is 0 Å². The van der Waals surface area contributed by atoms with Crippen LogP contribution in [0.3, 0.4) is 0 Å². The molecule has 16 heavy (non-hydrogen) atoms. The number of hydrogen-bond acceptors (Lipinski definition) is 2. The Hall–Kier alpha value is -0.800. The molecule has 0 aliphatic carbocycles. The SMILES string of the molecule is CCCC(=O)c1cc2cc(Cl)cc(Br)c2o1. The van der Waals surface area contributed by atoms with E-state index in [-0.39, 0.29) is 5.78 Å². The molecule has 0 N–H and O–H groups in total. The van der Waals surface area contributed by atoms with Crippen LogP contribution in [0.5, 0.6) is 0 Å². The Morgan fingerprint density at radius 2 is 2.19 bits per heavy atom. The highest BCUT2D eigenvalue weighted by Gasteiger charge is 2.13. The van der Waals surface area contributed by atoms with Gasteiger partial charge in [-0.2, -0.15) is 0 Å². The Balaban J connectivity index is 2.51. The Labute approximate surface area is 107 Å². The zero-order valence-corrected chi connectivity index (χ0v) is 11.1. The van der Waals surface area contributed by atoms with E-state index < -0.39 is 0 Å². The topological polar surface area (TPSA) is 30.2 Å². The fourth-order valence-corrected chi connectivity index (χ4v) is 2.48. The third-order valence-corrected chi connectivity index (χ3v) is 3.09. The Kier molecular flexibility index (Phi) is 3.36. The molecule has 0 bridgehead atoms. The molecule has 0 spiro atoms. The molecule has 1 aromatic heterocycles. The minimum Gasteiger partial charge on any atom is -0.452 e. The molecular weight excluding hydrogens is 291 g/mol. The van der Waals surface area contributed by atoms with Gasteiger partial charge in [0.15, 0.2) is 11.5 Å². The molecule has 1 aromatic carbocycles. The molecule has 0 radical (unpaired) electrons. The van der Waals surface area contributed by atoms with Crippen LogP contribution in [0.15, 0.2) is 27.1 Å². The second-order valence-corrected chi connectivity index (χ2v) is 4.88. The monoisotopic (exact) mass is 300 g/mol. The third-order valence-electron chi connectivity index (χ3n) is 2.29. The lowest BCUT2D eigenvalue weighted by Crippen LogP contribution is -1.94. The average Bonchev–Trinajstić information content (AvgIpc) is 2.62. The molecule has 0 fully saturated rings. The van der Waals surface area contributed by atoms with Gasteiger partial charge in [-0.15, -0.1) is 0 Å². The highest BCUT2D eigenvalue weighted by atomic mass is 79.9. The Morgan fingerprint density at radius 1 is 1.44 bits per heavy atom. The van der Waals surface area contributed by atoms with Crippen LogP contribution < -0.4 is 0 Å². The van der Waals surface area contributed by atoms with Gasteiger partial charge >= 0.3 is 0 Å². The highest BCUT2D eigenvalue weighted by molar-refractivity contribution is 9.10. The molecule has 4 heteroatoms. The molecule has 2 rings (SSSR count). The summed E-state index contributed by atoms with van der Waals surface area (Å²) >= 11 is 9.28. The van der Waals surface area contributed by atoms with Gasteiger partial charge in [0, 0.05) is 16.8 Å². The number of halogens is 2. The van der Waals surface area contributed by atoms with E-state index in [1.165, 1.54) is 0 Å². The summed E-state index contributed by atoms with van der Waals surface area (Å²) < 4.78 is 6.28. The van der Waals surface area contributed by atoms with Crippen molar-refractivity contribution in [3.05, 3.63) is 33.5 Å². The minimum atomic E-state index is 0.0294. The van der Waals surface area contributed by atoms with Crippen LogP contribution >= 0.6 is 27.5 Å². The van der Waals surface area contributed by atoms with E-state index in [0.717, 1.165) is 16.3 Å². The van der Waals surface area contributed by atoms with Crippen molar-refractivity contribution in [1.82, 2.24) is 0 Å². The maximum Gasteiger partial charge on any atom is 0.198 e. The molecule has 2 nitrogen and oxygen atoms in total. The summed E-state index contributed by atoms with van der Waals surface area (Å²) in [7, 11) is 0. The van der Waals surface area contributed by atoms with Gasteiger partial charge in [-0.25, -0.2) is 0 Å². The van der Waals surface area contributed by atoms with Crippen molar-refractivity contribution in [2.75, 3.05) is 0 Å². The largest absolute Gasteiger partial charge is 0.452 e. The van der Waals surface area contributed by atoms with Crippen LogP contribution in [-0.2, 0) is 0 Å². The van der Waals surface area contributed by atoms with Crippen LogP contribution in [0.1, 0.15) is 30.3 Å². The first-order valence-corrected chi connectivity index (χ1v) is 6.20. The zero-order chi connectivity index (χ0) is 11.7. The maximum atomic E-state index is 11.7. The molecule has 0 amide bonds. The summed E-state index contributed by atoms with van der Waals surface area (Å²) in [5, 5.41) is 1.47. The highest BCUT2D eigenvalue weighted by Crippen LogP contribution is 2.31. The number of hydrogen-bond donors (Lipinski definition) is 0. The van der Waals surface area contributed by atoms with Crippen LogP contribution in [0.4, 0.5) is 0 Å². The van der Waals surface area contributed by atoms with Crippen molar-refractivity contribution in [3.63, 3.8) is 0 Å². The summed E-state index contributed by atoms with van der Waals surface area (Å²) in [5.41, 5.74) is 0.670. The molecule has 0 aliphatic heterocycles. The number of furan rings is 1. The van der Waals surface area contributed by atoms with Gasteiger partial charge < -0.3 is 4.42 Å². The lowest BCUT2D eigenvalue weighted by atomic mass is 10.2. The smallest absolute Gasteiger partial charge is 0.198 e. The number of rotatable bonds is 3. The van der Waals surface area contributed by atoms with Crippen LogP contribution in [0, 0.1) is 0 Å². The Bertz CT molecular complexity index is 545. The van der Waals surface area contributed by atoms with E-state index in [2.05, 4.69) is 15.9 Å². The summed E-state index contributed by atoms with van der Waals surface area (Å²) in [6.07, 6.45) is 1.32. The van der Waals surface area contributed by atoms with E-state index in [0.29, 0.717) is 22.8 Å². The lowest BCUT2D eigenvalue weighted by molar-refractivity contribution is 0.0957. The molecule has 0 unspecified atom stereocenters. The molecular formula is C12H10BrClO2. The van der Waals surface area contributed by atoms with E-state index in [9.17, 15) is 4.79 Å². The molecule has 0 saturated carbocycles. The van der Waals surface area contributed by atoms with Gasteiger partial charge in [0.05, 0.1) is 4.47 Å². The summed E-state index contributed by atoms with van der Waals surface area (Å²) in [6.45, 7) is 1.97. The number of fused-ring (bicyclic) bond motifs is 1. The summed E-state index contributed by atoms with van der Waals surface area (Å²) in [6, 6.07) is 5.28. The summed E-state index contributed by atoms with van der Waals surface area (Å²) in [4.78, 5) is 11.7. The zero-order valence-electron chi connectivity index (χ0n) is 8.72. The molecule has 84 valence electrons. The number of carbonyl (C=O) groups excluding carboxylic acids is 1. The predicted octanol–water partition coefficient (Wildman–Crippen LogP) is 4.83. The molecule has 2 aromatic rings. The first-order valence-electron chi connectivity index (χ1n) is 5.03. The molecule has 0 atom stereocenters. The van der Waals surface area contributed by atoms with Crippen LogP contribution in [0.25, 0.3) is 11.0 Å². The van der Waals surface area contributed by atoms with Gasteiger partial charge in [0.2, 0.25) is 0 Å². The van der Waals surface area contributed by atoms with Gasteiger partial charge in [-0.3, -0.25) is 4.79 Å². The second kappa shape index (κ2) is 4.60. The Morgan fingerprint density at radius 3 is 2.88 bits per heavy atom. The first kappa shape index (κ1) is 11.7. The fourth-order valence-electron chi connectivity index (χ4n) is 1.56. The van der Waals surface area contributed by atoms with Gasteiger partial charge in [-0.05, 0) is 40.5 Å². The van der Waals surface area contributed by atoms with E-state index in [4.69, 9.17) is 16.0 Å². The lowest BCUT2D eigenvalue weighted by Gasteiger charge is -1.94. The van der Waals surface area contributed by atoms with E-state index in [1.807, 2.05) is 6.92 Å². The van der Waals surface area contributed by atoms with Crippen molar-refractivity contribution in [3.8, 4) is 0 Å². The van der Waals surface area contributed by atoms with Crippen LogP contribution in [0.2, 0.25) is 5.02 Å². The molecule has 0 saturated heterocycles. The average molecular weight is 302 g/mol. The third kappa shape index (κ3) is 2.15. The van der Waals surface area contributed by atoms with Crippen LogP contribution in [-0.4, -0.2) is 5.78 Å². The number of carbonyl (C=O) groups is 1. The minimum absolute atomic E-state index is 0.0294. The van der Waals surface area contributed by atoms with Crippen molar-refractivity contribution in [2.45, 2.75) is 19.8 Å². The van der Waals surface area contributed by atoms with Gasteiger partial charge in [0.1, 0.15) is 5.58 Å². The number of benzene rings is 1. The van der Waals surface area contributed by atoms with E-state index >= 15 is 0 Å². The van der Waals surface area contributed by atoms with Crippen molar-refractivity contribution >= 4 is 44.3 Å². The second-order valence-electron chi connectivity index (χ2n) is 3.59. The number of ketones is 1. The fraction of sp³-hybridized carbons (Fsp3) is 0.250. The normalized spacial score (nSPS) is 10.9. The standard InChI is InChI=1S/C12H10BrClO2/c1-2-3-10(15)11-5-7-4-8(14)6-9(13)12(7)16-11/h4-6H,2-3H2,1H3. The maximum absolute atomic E-state index is 11.7. The first-order chi connectivity index (χ1) is 7.61. The van der Waals surface area contributed by atoms with E-state index in [1.54, 1.807) is 18.2 Å². The van der Waals surface area contributed by atoms with Crippen molar-refractivity contribution in [2.24, 2.45) is 0 Å². The van der Waals surface area contributed by atoms with Crippen molar-refractivity contribution < 1.29 is 9.21 Å². The predicted molar refractivity (Wildman–Crippen MR) is 68.2 cm³/mol. The van der Waals surface area contributed by atoms with Gasteiger partial charge in [-0.1, -0.05) is 18.5 Å². The number of Topliss-reactive ketones (excluding diaryl/α,β-unsaturated/α-hetero) is 1. The quantitative estimate of drug-likeness (QED) is 0.760. The summed E-state index contributed by atoms with van der Waals surface area (Å²) in [5.74, 6) is 0.432. The van der Waals surface area contributed by atoms with Gasteiger partial charge in [0.25, 0.3) is 0 Å². The molecule has 0 aliphatic rings. The molecule has 1 heterocycles.